The number of piperidine rings is 1. The minimum absolute atomic E-state index is 0.141. The number of esters is 1. The van der Waals surface area contributed by atoms with Crippen LogP contribution in [0.3, 0.4) is 0 Å². The van der Waals surface area contributed by atoms with Crippen LogP contribution in [-0.4, -0.2) is 48.2 Å². The molecule has 1 fully saturated rings. The molecular formula is C14H21N3O4. The topological polar surface area (TPSA) is 84.7 Å². The van der Waals surface area contributed by atoms with Gasteiger partial charge < -0.3 is 14.6 Å². The number of ether oxygens (including phenoxy) is 1. The van der Waals surface area contributed by atoms with Crippen LogP contribution in [0.1, 0.15) is 31.4 Å². The lowest BCUT2D eigenvalue weighted by Gasteiger charge is -2.33. The molecule has 1 aliphatic rings. The zero-order valence-corrected chi connectivity index (χ0v) is 12.4. The number of amides is 1. The minimum atomic E-state index is -0.231. The molecule has 116 valence electrons. The molecule has 1 aliphatic heterocycles. The molecule has 7 heteroatoms. The number of aromatic nitrogens is 1. The molecule has 1 atom stereocenters. The SMILES string of the molecule is COC(=O)[C@H]1CCCCN1CCC(=O)Nc1cc(C)on1. The van der Waals surface area contributed by atoms with Gasteiger partial charge in [-0.15, -0.1) is 0 Å². The molecule has 1 N–H and O–H groups in total. The second-order valence-electron chi connectivity index (χ2n) is 5.19. The van der Waals surface area contributed by atoms with E-state index < -0.39 is 0 Å². The first-order valence-electron chi connectivity index (χ1n) is 7.15. The number of anilines is 1. The summed E-state index contributed by atoms with van der Waals surface area (Å²) in [6, 6.07) is 1.43. The summed E-state index contributed by atoms with van der Waals surface area (Å²) in [4.78, 5) is 25.6. The second-order valence-corrected chi connectivity index (χ2v) is 5.19. The highest BCUT2D eigenvalue weighted by Gasteiger charge is 2.29. The van der Waals surface area contributed by atoms with Gasteiger partial charge in [0, 0.05) is 19.0 Å². The van der Waals surface area contributed by atoms with Crippen LogP contribution >= 0.6 is 0 Å². The number of hydrogen-bond acceptors (Lipinski definition) is 6. The first-order valence-corrected chi connectivity index (χ1v) is 7.15. The van der Waals surface area contributed by atoms with Crippen molar-refractivity contribution in [1.82, 2.24) is 10.1 Å². The highest BCUT2D eigenvalue weighted by Crippen LogP contribution is 2.18. The van der Waals surface area contributed by atoms with E-state index in [0.29, 0.717) is 24.5 Å². The number of aryl methyl sites for hydroxylation is 1. The van der Waals surface area contributed by atoms with E-state index in [-0.39, 0.29) is 17.9 Å². The van der Waals surface area contributed by atoms with Crippen molar-refractivity contribution in [2.45, 2.75) is 38.6 Å². The quantitative estimate of drug-likeness (QED) is 0.825. The third kappa shape index (κ3) is 4.29. The Morgan fingerprint density at radius 3 is 3.00 bits per heavy atom. The van der Waals surface area contributed by atoms with Gasteiger partial charge in [0.2, 0.25) is 5.91 Å². The van der Waals surface area contributed by atoms with Crippen molar-refractivity contribution in [1.29, 1.82) is 0 Å². The van der Waals surface area contributed by atoms with Crippen molar-refractivity contribution in [3.63, 3.8) is 0 Å². The molecule has 2 heterocycles. The highest BCUT2D eigenvalue weighted by atomic mass is 16.5. The van der Waals surface area contributed by atoms with Crippen LogP contribution in [0.15, 0.2) is 10.6 Å². The lowest BCUT2D eigenvalue weighted by Crippen LogP contribution is -2.46. The van der Waals surface area contributed by atoms with E-state index >= 15 is 0 Å². The van der Waals surface area contributed by atoms with E-state index in [1.54, 1.807) is 13.0 Å². The third-order valence-corrected chi connectivity index (χ3v) is 3.61. The van der Waals surface area contributed by atoms with E-state index in [1.165, 1.54) is 7.11 Å². The van der Waals surface area contributed by atoms with Crippen LogP contribution in [0.25, 0.3) is 0 Å². The van der Waals surface area contributed by atoms with Gasteiger partial charge in [-0.2, -0.15) is 0 Å². The fraction of sp³-hybridized carbons (Fsp3) is 0.643. The Bertz CT molecular complexity index is 500. The lowest BCUT2D eigenvalue weighted by molar-refractivity contribution is -0.148. The van der Waals surface area contributed by atoms with E-state index in [2.05, 4.69) is 10.5 Å². The standard InChI is InChI=1S/C14H21N3O4/c1-10-9-12(16-21-10)15-13(18)6-8-17-7-4-3-5-11(17)14(19)20-2/h9,11H,3-8H2,1-2H3,(H,15,16,18)/t11-/m1/s1. The van der Waals surface area contributed by atoms with Gasteiger partial charge in [0.1, 0.15) is 11.8 Å². The summed E-state index contributed by atoms with van der Waals surface area (Å²) in [7, 11) is 1.40. The van der Waals surface area contributed by atoms with E-state index in [4.69, 9.17) is 9.26 Å². The summed E-state index contributed by atoms with van der Waals surface area (Å²) in [6.45, 7) is 3.11. The lowest BCUT2D eigenvalue weighted by atomic mass is 10.0. The molecule has 1 amide bonds. The van der Waals surface area contributed by atoms with Crippen LogP contribution in [0.2, 0.25) is 0 Å². The zero-order valence-electron chi connectivity index (χ0n) is 12.4. The van der Waals surface area contributed by atoms with Crippen LogP contribution in [-0.2, 0) is 14.3 Å². The maximum absolute atomic E-state index is 11.9. The summed E-state index contributed by atoms with van der Waals surface area (Å²) >= 11 is 0. The average Bonchev–Trinajstić information content (AvgIpc) is 2.89. The van der Waals surface area contributed by atoms with Crippen molar-refractivity contribution in [3.05, 3.63) is 11.8 Å². The number of carbonyl (C=O) groups excluding carboxylic acids is 2. The fourth-order valence-corrected chi connectivity index (χ4v) is 2.54. The van der Waals surface area contributed by atoms with Gasteiger partial charge in [-0.1, -0.05) is 11.6 Å². The summed E-state index contributed by atoms with van der Waals surface area (Å²) in [6.07, 6.45) is 3.15. The number of methoxy groups -OCH3 is 1. The minimum Gasteiger partial charge on any atom is -0.468 e. The first-order chi connectivity index (χ1) is 10.1. The molecule has 0 saturated carbocycles. The van der Waals surface area contributed by atoms with Crippen molar-refractivity contribution in [2.75, 3.05) is 25.5 Å². The predicted molar refractivity (Wildman–Crippen MR) is 75.7 cm³/mol. The van der Waals surface area contributed by atoms with Crippen LogP contribution in [0, 0.1) is 6.92 Å². The molecular weight excluding hydrogens is 274 g/mol. The van der Waals surface area contributed by atoms with E-state index in [0.717, 1.165) is 25.8 Å². The summed E-state index contributed by atoms with van der Waals surface area (Å²) in [5.41, 5.74) is 0. The largest absolute Gasteiger partial charge is 0.468 e. The molecule has 1 aromatic heterocycles. The number of likely N-dealkylation sites (tertiary alicyclic amines) is 1. The molecule has 0 radical (unpaired) electrons. The van der Waals surface area contributed by atoms with Crippen LogP contribution < -0.4 is 5.32 Å². The zero-order chi connectivity index (χ0) is 15.2. The van der Waals surface area contributed by atoms with Gasteiger partial charge in [-0.3, -0.25) is 14.5 Å². The van der Waals surface area contributed by atoms with Gasteiger partial charge in [-0.05, 0) is 26.3 Å². The van der Waals surface area contributed by atoms with E-state index in [9.17, 15) is 9.59 Å². The molecule has 0 aliphatic carbocycles. The molecule has 0 bridgehead atoms. The Morgan fingerprint density at radius 2 is 2.33 bits per heavy atom. The molecule has 1 aromatic rings. The van der Waals surface area contributed by atoms with Gasteiger partial charge in [-0.25, -0.2) is 0 Å². The second kappa shape index (κ2) is 7.21. The predicted octanol–water partition coefficient (Wildman–Crippen LogP) is 1.34. The normalized spacial score (nSPS) is 19.2. The monoisotopic (exact) mass is 295 g/mol. The maximum Gasteiger partial charge on any atom is 0.323 e. The van der Waals surface area contributed by atoms with E-state index in [1.807, 2.05) is 4.90 Å². The third-order valence-electron chi connectivity index (χ3n) is 3.61. The molecule has 2 rings (SSSR count). The van der Waals surface area contributed by atoms with Crippen molar-refractivity contribution in [3.8, 4) is 0 Å². The first kappa shape index (κ1) is 15.5. The average molecular weight is 295 g/mol. The molecule has 1 saturated heterocycles. The number of rotatable bonds is 5. The van der Waals surface area contributed by atoms with Crippen molar-refractivity contribution >= 4 is 17.7 Å². The Hall–Kier alpha value is -1.89. The van der Waals surface area contributed by atoms with Gasteiger partial charge in [0.05, 0.1) is 7.11 Å². The Balaban J connectivity index is 1.82. The molecule has 0 spiro atoms. The fourth-order valence-electron chi connectivity index (χ4n) is 2.54. The maximum atomic E-state index is 11.9. The summed E-state index contributed by atoms with van der Waals surface area (Å²) in [5.74, 6) is 0.701. The molecule has 0 unspecified atom stereocenters. The molecule has 7 nitrogen and oxygen atoms in total. The number of carbonyl (C=O) groups is 2. The Kier molecular flexibility index (Phi) is 5.32. The highest BCUT2D eigenvalue weighted by molar-refractivity contribution is 5.89. The number of hydrogen-bond donors (Lipinski definition) is 1. The molecule has 21 heavy (non-hydrogen) atoms. The van der Waals surface area contributed by atoms with Crippen molar-refractivity contribution in [2.24, 2.45) is 0 Å². The van der Waals surface area contributed by atoms with Gasteiger partial charge >= 0.3 is 5.97 Å². The van der Waals surface area contributed by atoms with Gasteiger partial charge in [0.25, 0.3) is 0 Å². The van der Waals surface area contributed by atoms with Crippen LogP contribution in [0.4, 0.5) is 5.82 Å². The Labute approximate surface area is 123 Å². The summed E-state index contributed by atoms with van der Waals surface area (Å²) < 4.78 is 9.71. The number of nitrogens with one attached hydrogen (secondary N) is 1. The van der Waals surface area contributed by atoms with Crippen molar-refractivity contribution < 1.29 is 18.8 Å². The Morgan fingerprint density at radius 1 is 1.52 bits per heavy atom. The van der Waals surface area contributed by atoms with Gasteiger partial charge in [0.15, 0.2) is 5.82 Å². The van der Waals surface area contributed by atoms with Crippen LogP contribution in [0.5, 0.6) is 0 Å². The number of nitrogens with zero attached hydrogens (tertiary/aromatic N) is 2. The summed E-state index contributed by atoms with van der Waals surface area (Å²) in [5, 5.41) is 6.39. The molecule has 0 aromatic carbocycles. The smallest absolute Gasteiger partial charge is 0.323 e.